The van der Waals surface area contributed by atoms with Gasteiger partial charge in [0.25, 0.3) is 0 Å². The van der Waals surface area contributed by atoms with E-state index in [0.717, 1.165) is 22.0 Å². The maximum atomic E-state index is 6.09. The van der Waals surface area contributed by atoms with Crippen molar-refractivity contribution in [1.29, 1.82) is 0 Å². The molecule has 0 radical (unpaired) electrons. The van der Waals surface area contributed by atoms with Crippen LogP contribution in [0.1, 0.15) is 16.7 Å². The molecule has 23 heavy (non-hydrogen) atoms. The van der Waals surface area contributed by atoms with Gasteiger partial charge in [-0.15, -0.1) is 11.3 Å². The number of thiazole rings is 1. The second kappa shape index (κ2) is 6.94. The van der Waals surface area contributed by atoms with Crippen molar-refractivity contribution in [3.8, 4) is 11.3 Å². The summed E-state index contributed by atoms with van der Waals surface area (Å²) in [6.07, 6.45) is 1.69. The number of hydrazone groups is 1. The van der Waals surface area contributed by atoms with Gasteiger partial charge in [-0.1, -0.05) is 41.9 Å². The number of halogens is 1. The van der Waals surface area contributed by atoms with Crippen LogP contribution in [0.3, 0.4) is 0 Å². The lowest BCUT2D eigenvalue weighted by Crippen LogP contribution is -1.91. The lowest BCUT2D eigenvalue weighted by Gasteiger charge is -2.02. The van der Waals surface area contributed by atoms with Gasteiger partial charge in [0.15, 0.2) is 0 Å². The first-order valence-electron chi connectivity index (χ1n) is 7.20. The third kappa shape index (κ3) is 3.78. The Bertz CT molecular complexity index is 855. The Hall–Kier alpha value is -2.17. The SMILES string of the molecule is Cc1ccc(-c2csc(N/N=C\c3ccccc3Cl)n2)cc1C. The lowest BCUT2D eigenvalue weighted by atomic mass is 10.1. The fraction of sp³-hybridized carbons (Fsp3) is 0.111. The van der Waals surface area contributed by atoms with Gasteiger partial charge in [-0.3, -0.25) is 5.43 Å². The smallest absolute Gasteiger partial charge is 0.203 e. The number of benzene rings is 2. The highest BCUT2D eigenvalue weighted by Gasteiger charge is 2.05. The minimum Gasteiger partial charge on any atom is -0.253 e. The minimum absolute atomic E-state index is 0.674. The number of hydrogen-bond donors (Lipinski definition) is 1. The summed E-state index contributed by atoms with van der Waals surface area (Å²) in [5.74, 6) is 0. The van der Waals surface area contributed by atoms with Crippen molar-refractivity contribution >= 4 is 34.3 Å². The van der Waals surface area contributed by atoms with Crippen molar-refractivity contribution in [3.63, 3.8) is 0 Å². The molecule has 0 aliphatic heterocycles. The first kappa shape index (κ1) is 15.7. The molecule has 1 N–H and O–H groups in total. The average Bonchev–Trinajstić information content (AvgIpc) is 3.01. The quantitative estimate of drug-likeness (QED) is 0.500. The summed E-state index contributed by atoms with van der Waals surface area (Å²) >= 11 is 7.61. The Morgan fingerprint density at radius 2 is 1.96 bits per heavy atom. The fourth-order valence-electron chi connectivity index (χ4n) is 2.10. The Morgan fingerprint density at radius 1 is 1.13 bits per heavy atom. The molecule has 0 atom stereocenters. The third-order valence-electron chi connectivity index (χ3n) is 3.58. The highest BCUT2D eigenvalue weighted by Crippen LogP contribution is 2.26. The van der Waals surface area contributed by atoms with Crippen LogP contribution in [0.4, 0.5) is 5.13 Å². The summed E-state index contributed by atoms with van der Waals surface area (Å²) in [5, 5.41) is 7.65. The van der Waals surface area contributed by atoms with Gasteiger partial charge in [0, 0.05) is 21.5 Å². The van der Waals surface area contributed by atoms with Crippen molar-refractivity contribution in [2.75, 3.05) is 5.43 Å². The summed E-state index contributed by atoms with van der Waals surface area (Å²) < 4.78 is 0. The van der Waals surface area contributed by atoms with Crippen LogP contribution in [-0.4, -0.2) is 11.2 Å². The molecule has 0 spiro atoms. The van der Waals surface area contributed by atoms with E-state index in [4.69, 9.17) is 11.6 Å². The number of hydrogen-bond acceptors (Lipinski definition) is 4. The molecule has 2 aromatic carbocycles. The lowest BCUT2D eigenvalue weighted by molar-refractivity contribution is 1.28. The molecule has 0 saturated carbocycles. The summed E-state index contributed by atoms with van der Waals surface area (Å²) in [7, 11) is 0. The van der Waals surface area contributed by atoms with Gasteiger partial charge >= 0.3 is 0 Å². The maximum absolute atomic E-state index is 6.09. The van der Waals surface area contributed by atoms with Crippen molar-refractivity contribution in [2.24, 2.45) is 5.10 Å². The van der Waals surface area contributed by atoms with Crippen molar-refractivity contribution < 1.29 is 0 Å². The predicted molar refractivity (Wildman–Crippen MR) is 99.7 cm³/mol. The zero-order valence-corrected chi connectivity index (χ0v) is 14.4. The topological polar surface area (TPSA) is 37.3 Å². The Kier molecular flexibility index (Phi) is 4.74. The summed E-state index contributed by atoms with van der Waals surface area (Å²) in [6.45, 7) is 4.22. The molecular weight excluding hydrogens is 326 g/mol. The third-order valence-corrected chi connectivity index (χ3v) is 4.67. The van der Waals surface area contributed by atoms with Crippen LogP contribution in [0.2, 0.25) is 5.02 Å². The summed E-state index contributed by atoms with van der Waals surface area (Å²) in [4.78, 5) is 4.57. The van der Waals surface area contributed by atoms with Crippen LogP contribution in [0.25, 0.3) is 11.3 Å². The molecule has 1 heterocycles. The van der Waals surface area contributed by atoms with Gasteiger partial charge in [0.2, 0.25) is 5.13 Å². The highest BCUT2D eigenvalue weighted by molar-refractivity contribution is 7.14. The molecule has 0 fully saturated rings. The first-order valence-corrected chi connectivity index (χ1v) is 8.46. The molecule has 116 valence electrons. The number of anilines is 1. The molecule has 0 saturated heterocycles. The van der Waals surface area contributed by atoms with E-state index >= 15 is 0 Å². The fourth-order valence-corrected chi connectivity index (χ4v) is 2.95. The summed E-state index contributed by atoms with van der Waals surface area (Å²) in [6, 6.07) is 13.9. The monoisotopic (exact) mass is 341 g/mol. The molecule has 3 rings (SSSR count). The van der Waals surface area contributed by atoms with E-state index in [9.17, 15) is 0 Å². The van der Waals surface area contributed by atoms with Crippen LogP contribution < -0.4 is 5.43 Å². The number of aromatic nitrogens is 1. The second-order valence-corrected chi connectivity index (χ2v) is 6.49. The minimum atomic E-state index is 0.674. The van der Waals surface area contributed by atoms with Gasteiger partial charge in [0.1, 0.15) is 0 Å². The molecule has 0 aliphatic carbocycles. The van der Waals surface area contributed by atoms with Gasteiger partial charge in [-0.25, -0.2) is 4.98 Å². The normalized spacial score (nSPS) is 11.1. The number of rotatable bonds is 4. The van der Waals surface area contributed by atoms with E-state index in [1.807, 2.05) is 29.6 Å². The Balaban J connectivity index is 1.72. The van der Waals surface area contributed by atoms with E-state index in [1.54, 1.807) is 6.21 Å². The number of nitrogens with zero attached hydrogens (tertiary/aromatic N) is 2. The molecular formula is C18H16ClN3S. The van der Waals surface area contributed by atoms with Crippen LogP contribution in [-0.2, 0) is 0 Å². The van der Waals surface area contributed by atoms with E-state index in [2.05, 4.69) is 47.6 Å². The zero-order valence-electron chi connectivity index (χ0n) is 12.9. The van der Waals surface area contributed by atoms with E-state index in [-0.39, 0.29) is 0 Å². The molecule has 0 amide bonds. The van der Waals surface area contributed by atoms with Gasteiger partial charge in [-0.05, 0) is 37.1 Å². The van der Waals surface area contributed by atoms with Crippen molar-refractivity contribution in [2.45, 2.75) is 13.8 Å². The van der Waals surface area contributed by atoms with E-state index in [0.29, 0.717) is 5.02 Å². The van der Waals surface area contributed by atoms with Gasteiger partial charge in [-0.2, -0.15) is 5.10 Å². The van der Waals surface area contributed by atoms with Crippen LogP contribution in [0.5, 0.6) is 0 Å². The first-order chi connectivity index (χ1) is 11.1. The molecule has 0 bridgehead atoms. The molecule has 3 aromatic rings. The Labute approximate surface area is 144 Å². The zero-order chi connectivity index (χ0) is 16.2. The van der Waals surface area contributed by atoms with E-state index in [1.165, 1.54) is 22.5 Å². The largest absolute Gasteiger partial charge is 0.253 e. The molecule has 0 unspecified atom stereocenters. The van der Waals surface area contributed by atoms with E-state index < -0.39 is 0 Å². The predicted octanol–water partition coefficient (Wildman–Crippen LogP) is 5.53. The van der Waals surface area contributed by atoms with Crippen molar-refractivity contribution in [3.05, 3.63) is 69.6 Å². The average molecular weight is 342 g/mol. The molecule has 1 aromatic heterocycles. The van der Waals surface area contributed by atoms with Crippen LogP contribution >= 0.6 is 22.9 Å². The van der Waals surface area contributed by atoms with Gasteiger partial charge in [0.05, 0.1) is 11.9 Å². The highest BCUT2D eigenvalue weighted by atomic mass is 35.5. The summed E-state index contributed by atoms with van der Waals surface area (Å²) in [5.41, 5.74) is 8.44. The van der Waals surface area contributed by atoms with Crippen molar-refractivity contribution in [1.82, 2.24) is 4.98 Å². The molecule has 0 aliphatic rings. The number of aryl methyl sites for hydroxylation is 2. The Morgan fingerprint density at radius 3 is 2.74 bits per heavy atom. The van der Waals surface area contributed by atoms with Crippen LogP contribution in [0.15, 0.2) is 52.9 Å². The van der Waals surface area contributed by atoms with Gasteiger partial charge < -0.3 is 0 Å². The molecule has 5 heteroatoms. The molecule has 3 nitrogen and oxygen atoms in total. The number of nitrogens with one attached hydrogen (secondary N) is 1. The second-order valence-electron chi connectivity index (χ2n) is 5.23. The van der Waals surface area contributed by atoms with Crippen LogP contribution in [0, 0.1) is 13.8 Å². The maximum Gasteiger partial charge on any atom is 0.203 e. The standard InChI is InChI=1S/C18H16ClN3S/c1-12-7-8-14(9-13(12)2)17-11-23-18(21-17)22-20-10-15-5-3-4-6-16(15)19/h3-11H,1-2H3,(H,21,22)/b20-10-.